The molecule has 3 nitrogen and oxygen atoms in total. The van der Waals surface area contributed by atoms with E-state index in [2.05, 4.69) is 10.1 Å². The first-order valence-electron chi connectivity index (χ1n) is 4.96. The maximum absolute atomic E-state index is 5.85. The molecule has 0 aliphatic heterocycles. The number of hydrogen-bond donors (Lipinski definition) is 0. The zero-order chi connectivity index (χ0) is 11.7. The van der Waals surface area contributed by atoms with E-state index in [1.165, 1.54) is 0 Å². The molecule has 0 aliphatic rings. The van der Waals surface area contributed by atoms with Gasteiger partial charge in [-0.3, -0.25) is 0 Å². The van der Waals surface area contributed by atoms with Crippen LogP contribution in [0.4, 0.5) is 0 Å². The molecule has 0 amide bonds. The SMILES string of the molecule is Clc1ccc(-c2ncc(-c3ccno3)s2)cc1. The summed E-state index contributed by atoms with van der Waals surface area (Å²) in [5, 5.41) is 5.34. The van der Waals surface area contributed by atoms with Crippen LogP contribution in [0, 0.1) is 0 Å². The van der Waals surface area contributed by atoms with Gasteiger partial charge in [0, 0.05) is 22.8 Å². The van der Waals surface area contributed by atoms with Gasteiger partial charge in [0.1, 0.15) is 5.01 Å². The molecule has 2 aromatic heterocycles. The molecule has 5 heteroatoms. The third kappa shape index (κ3) is 2.09. The van der Waals surface area contributed by atoms with Gasteiger partial charge in [-0.15, -0.1) is 11.3 Å². The van der Waals surface area contributed by atoms with Crippen molar-refractivity contribution in [1.82, 2.24) is 10.1 Å². The first-order valence-corrected chi connectivity index (χ1v) is 6.15. The Morgan fingerprint density at radius 2 is 1.94 bits per heavy atom. The summed E-state index contributed by atoms with van der Waals surface area (Å²) in [5.41, 5.74) is 1.05. The minimum atomic E-state index is 0.723. The number of nitrogens with zero attached hydrogens (tertiary/aromatic N) is 2. The van der Waals surface area contributed by atoms with Crippen LogP contribution in [0.1, 0.15) is 0 Å². The Morgan fingerprint density at radius 3 is 2.65 bits per heavy atom. The first kappa shape index (κ1) is 10.5. The normalized spacial score (nSPS) is 10.6. The van der Waals surface area contributed by atoms with E-state index in [4.69, 9.17) is 16.1 Å². The van der Waals surface area contributed by atoms with Gasteiger partial charge in [0.2, 0.25) is 0 Å². The lowest BCUT2D eigenvalue weighted by molar-refractivity contribution is 0.433. The Hall–Kier alpha value is -1.65. The summed E-state index contributed by atoms with van der Waals surface area (Å²) in [4.78, 5) is 5.32. The molecule has 0 bridgehead atoms. The predicted molar refractivity (Wildman–Crippen MR) is 68.1 cm³/mol. The predicted octanol–water partition coefficient (Wildman–Crippen LogP) is 4.12. The molecule has 0 N–H and O–H groups in total. The zero-order valence-corrected chi connectivity index (χ0v) is 10.2. The van der Waals surface area contributed by atoms with Gasteiger partial charge in [-0.2, -0.15) is 0 Å². The quantitative estimate of drug-likeness (QED) is 0.697. The fraction of sp³-hybridized carbons (Fsp3) is 0. The highest BCUT2D eigenvalue weighted by atomic mass is 35.5. The topological polar surface area (TPSA) is 38.9 Å². The van der Waals surface area contributed by atoms with Gasteiger partial charge in [0.05, 0.1) is 11.1 Å². The van der Waals surface area contributed by atoms with Crippen molar-refractivity contribution in [1.29, 1.82) is 0 Å². The molecule has 17 heavy (non-hydrogen) atoms. The smallest absolute Gasteiger partial charge is 0.178 e. The highest BCUT2D eigenvalue weighted by molar-refractivity contribution is 7.18. The van der Waals surface area contributed by atoms with Gasteiger partial charge < -0.3 is 4.52 Å². The van der Waals surface area contributed by atoms with Crippen molar-refractivity contribution in [2.45, 2.75) is 0 Å². The van der Waals surface area contributed by atoms with Crippen molar-refractivity contribution in [3.05, 3.63) is 47.7 Å². The third-order valence-corrected chi connectivity index (χ3v) is 3.59. The van der Waals surface area contributed by atoms with E-state index in [0.29, 0.717) is 0 Å². The van der Waals surface area contributed by atoms with E-state index < -0.39 is 0 Å². The Morgan fingerprint density at radius 1 is 1.12 bits per heavy atom. The van der Waals surface area contributed by atoms with Crippen LogP contribution in [0.15, 0.2) is 47.2 Å². The number of thiazole rings is 1. The molecule has 0 saturated carbocycles. The maximum Gasteiger partial charge on any atom is 0.178 e. The minimum absolute atomic E-state index is 0.723. The van der Waals surface area contributed by atoms with Crippen molar-refractivity contribution in [2.75, 3.05) is 0 Å². The number of aromatic nitrogens is 2. The monoisotopic (exact) mass is 262 g/mol. The summed E-state index contributed by atoms with van der Waals surface area (Å²) in [7, 11) is 0. The Bertz CT molecular complexity index is 616. The van der Waals surface area contributed by atoms with Gasteiger partial charge in [-0.25, -0.2) is 4.98 Å². The van der Waals surface area contributed by atoms with Crippen LogP contribution in [-0.2, 0) is 0 Å². The molecule has 0 fully saturated rings. The van der Waals surface area contributed by atoms with Crippen LogP contribution in [0.25, 0.3) is 21.2 Å². The van der Waals surface area contributed by atoms with Gasteiger partial charge in [0.25, 0.3) is 0 Å². The van der Waals surface area contributed by atoms with Gasteiger partial charge in [-0.05, 0) is 12.1 Å². The molecular weight excluding hydrogens is 256 g/mol. The summed E-state index contributed by atoms with van der Waals surface area (Å²) >= 11 is 7.41. The molecule has 0 unspecified atom stereocenters. The second kappa shape index (κ2) is 4.31. The van der Waals surface area contributed by atoms with Crippen LogP contribution in [0.2, 0.25) is 5.02 Å². The van der Waals surface area contributed by atoms with Crippen LogP contribution < -0.4 is 0 Å². The van der Waals surface area contributed by atoms with Gasteiger partial charge in [-0.1, -0.05) is 28.9 Å². The summed E-state index contributed by atoms with van der Waals surface area (Å²) in [6.07, 6.45) is 3.41. The van der Waals surface area contributed by atoms with Crippen LogP contribution in [-0.4, -0.2) is 10.1 Å². The lowest BCUT2D eigenvalue weighted by Gasteiger charge is -1.95. The Labute approximate surface area is 107 Å². The van der Waals surface area contributed by atoms with Crippen molar-refractivity contribution < 1.29 is 4.52 Å². The van der Waals surface area contributed by atoms with Gasteiger partial charge in [0.15, 0.2) is 5.76 Å². The second-order valence-electron chi connectivity index (χ2n) is 3.41. The molecule has 3 aromatic rings. The fourth-order valence-electron chi connectivity index (χ4n) is 1.46. The number of halogens is 1. The second-order valence-corrected chi connectivity index (χ2v) is 4.88. The van der Waals surface area contributed by atoms with E-state index in [0.717, 1.165) is 26.2 Å². The number of benzene rings is 1. The van der Waals surface area contributed by atoms with Gasteiger partial charge >= 0.3 is 0 Å². The molecule has 3 rings (SSSR count). The molecular formula is C12H7ClN2OS. The standard InChI is InChI=1S/C12H7ClN2OS/c13-9-3-1-8(2-4-9)12-14-7-11(17-12)10-5-6-15-16-10/h1-7H. The lowest BCUT2D eigenvalue weighted by atomic mass is 10.2. The minimum Gasteiger partial charge on any atom is -0.355 e. The average Bonchev–Trinajstić information content (AvgIpc) is 3.00. The molecule has 2 heterocycles. The molecule has 84 valence electrons. The number of hydrogen-bond acceptors (Lipinski definition) is 4. The summed E-state index contributed by atoms with van der Waals surface area (Å²) in [6.45, 7) is 0. The highest BCUT2D eigenvalue weighted by Gasteiger charge is 2.08. The molecule has 0 atom stereocenters. The van der Waals surface area contributed by atoms with Crippen LogP contribution in [0.3, 0.4) is 0 Å². The first-order chi connectivity index (χ1) is 8.33. The van der Waals surface area contributed by atoms with Crippen molar-refractivity contribution in [3.63, 3.8) is 0 Å². The number of rotatable bonds is 2. The molecule has 0 saturated heterocycles. The molecule has 1 aromatic carbocycles. The summed E-state index contributed by atoms with van der Waals surface area (Å²) in [5.74, 6) is 0.739. The molecule has 0 radical (unpaired) electrons. The van der Waals surface area contributed by atoms with E-state index in [1.807, 2.05) is 30.3 Å². The van der Waals surface area contributed by atoms with Crippen LogP contribution >= 0.6 is 22.9 Å². The highest BCUT2D eigenvalue weighted by Crippen LogP contribution is 2.32. The van der Waals surface area contributed by atoms with Crippen molar-refractivity contribution in [3.8, 4) is 21.2 Å². The molecule has 0 aliphatic carbocycles. The summed E-state index contributed by atoms with van der Waals surface area (Å²) < 4.78 is 5.09. The fourth-order valence-corrected chi connectivity index (χ4v) is 2.46. The van der Waals surface area contributed by atoms with E-state index in [-0.39, 0.29) is 0 Å². The average molecular weight is 263 g/mol. The third-order valence-electron chi connectivity index (χ3n) is 2.28. The molecule has 0 spiro atoms. The lowest BCUT2D eigenvalue weighted by Crippen LogP contribution is -1.73. The largest absolute Gasteiger partial charge is 0.355 e. The summed E-state index contributed by atoms with van der Waals surface area (Å²) in [6, 6.07) is 9.43. The van der Waals surface area contributed by atoms with E-state index in [1.54, 1.807) is 23.7 Å². The Kier molecular flexibility index (Phi) is 2.66. The zero-order valence-electron chi connectivity index (χ0n) is 8.63. The maximum atomic E-state index is 5.85. The Balaban J connectivity index is 1.98. The van der Waals surface area contributed by atoms with Crippen molar-refractivity contribution in [2.24, 2.45) is 0 Å². The van der Waals surface area contributed by atoms with Crippen molar-refractivity contribution >= 4 is 22.9 Å². The van der Waals surface area contributed by atoms with E-state index >= 15 is 0 Å². The van der Waals surface area contributed by atoms with Crippen LogP contribution in [0.5, 0.6) is 0 Å². The van der Waals surface area contributed by atoms with E-state index in [9.17, 15) is 0 Å².